The minimum Gasteiger partial charge on any atom is -0.485 e. The number of aromatic nitrogens is 1. The lowest BCUT2D eigenvalue weighted by molar-refractivity contribution is -0.143. The maximum Gasteiger partial charge on any atom is 0.243 e. The number of hydrogen-bond acceptors (Lipinski definition) is 7. The third-order valence-electron chi connectivity index (χ3n) is 6.40. The van der Waals surface area contributed by atoms with E-state index < -0.39 is 5.41 Å². The average Bonchev–Trinajstić information content (AvgIpc) is 3.14. The molecule has 5 rings (SSSR count). The van der Waals surface area contributed by atoms with Gasteiger partial charge in [0.2, 0.25) is 5.91 Å². The van der Waals surface area contributed by atoms with Gasteiger partial charge in [0.25, 0.3) is 0 Å². The predicted molar refractivity (Wildman–Crippen MR) is 110 cm³/mol. The summed E-state index contributed by atoms with van der Waals surface area (Å²) in [6.45, 7) is 2.50. The second-order valence-electron chi connectivity index (χ2n) is 8.35. The minimum atomic E-state index is -0.989. The SMILES string of the molecule is N#CC1(C(=O)N2C[C@@H]3OCC(Oc4cccc5cnccc45)CO[C@H]3C2)CCOCC1. The van der Waals surface area contributed by atoms with Gasteiger partial charge in [0.15, 0.2) is 0 Å². The highest BCUT2D eigenvalue weighted by atomic mass is 16.6. The number of nitriles is 1. The van der Waals surface area contributed by atoms with Gasteiger partial charge in [-0.2, -0.15) is 5.26 Å². The Labute approximate surface area is 180 Å². The highest BCUT2D eigenvalue weighted by Crippen LogP contribution is 2.34. The normalized spacial score (nSPS) is 26.1. The summed E-state index contributed by atoms with van der Waals surface area (Å²) in [5.41, 5.74) is -0.989. The van der Waals surface area contributed by atoms with Crippen LogP contribution in [0.4, 0.5) is 0 Å². The number of rotatable bonds is 3. The van der Waals surface area contributed by atoms with Gasteiger partial charge >= 0.3 is 0 Å². The van der Waals surface area contributed by atoms with Crippen molar-refractivity contribution in [3.05, 3.63) is 36.7 Å². The molecule has 0 saturated carbocycles. The van der Waals surface area contributed by atoms with Gasteiger partial charge in [0.05, 0.1) is 19.3 Å². The van der Waals surface area contributed by atoms with Gasteiger partial charge in [-0.05, 0) is 25.0 Å². The molecule has 4 heterocycles. The molecule has 31 heavy (non-hydrogen) atoms. The number of likely N-dealkylation sites (tertiary alicyclic amines) is 1. The molecule has 0 N–H and O–H groups in total. The van der Waals surface area contributed by atoms with E-state index in [-0.39, 0.29) is 24.2 Å². The van der Waals surface area contributed by atoms with E-state index >= 15 is 0 Å². The zero-order chi connectivity index (χ0) is 21.3. The van der Waals surface area contributed by atoms with Crippen molar-refractivity contribution >= 4 is 16.7 Å². The van der Waals surface area contributed by atoms with Gasteiger partial charge < -0.3 is 23.8 Å². The second-order valence-corrected chi connectivity index (χ2v) is 8.35. The molecule has 1 aromatic carbocycles. The van der Waals surface area contributed by atoms with Gasteiger partial charge in [0.1, 0.15) is 29.5 Å². The van der Waals surface area contributed by atoms with E-state index in [0.29, 0.717) is 52.4 Å². The van der Waals surface area contributed by atoms with Crippen molar-refractivity contribution in [1.29, 1.82) is 5.26 Å². The quantitative estimate of drug-likeness (QED) is 0.745. The Morgan fingerprint density at radius 3 is 2.61 bits per heavy atom. The number of benzene rings is 1. The fourth-order valence-electron chi connectivity index (χ4n) is 4.58. The van der Waals surface area contributed by atoms with Crippen molar-refractivity contribution in [2.45, 2.75) is 31.2 Å². The average molecular weight is 423 g/mol. The lowest BCUT2D eigenvalue weighted by Gasteiger charge is -2.33. The Morgan fingerprint density at radius 1 is 1.16 bits per heavy atom. The van der Waals surface area contributed by atoms with E-state index in [9.17, 15) is 10.1 Å². The molecule has 0 aliphatic carbocycles. The van der Waals surface area contributed by atoms with Gasteiger partial charge in [0, 0.05) is 49.5 Å². The van der Waals surface area contributed by atoms with Crippen LogP contribution in [0.25, 0.3) is 10.8 Å². The smallest absolute Gasteiger partial charge is 0.243 e. The van der Waals surface area contributed by atoms with Crippen LogP contribution >= 0.6 is 0 Å². The van der Waals surface area contributed by atoms with Crippen LogP contribution < -0.4 is 4.74 Å². The van der Waals surface area contributed by atoms with Crippen LogP contribution in [-0.2, 0) is 19.0 Å². The van der Waals surface area contributed by atoms with Crippen LogP contribution in [-0.4, -0.2) is 73.6 Å². The summed E-state index contributed by atoms with van der Waals surface area (Å²) in [5.74, 6) is 0.646. The molecule has 162 valence electrons. The van der Waals surface area contributed by atoms with Gasteiger partial charge in [-0.15, -0.1) is 0 Å². The number of fused-ring (bicyclic) bond motifs is 2. The lowest BCUT2D eigenvalue weighted by Crippen LogP contribution is -2.46. The molecule has 0 unspecified atom stereocenters. The van der Waals surface area contributed by atoms with Crippen LogP contribution in [0.5, 0.6) is 5.75 Å². The standard InChI is InChI=1S/C23H25N3O5/c24-15-23(5-8-28-9-6-23)22(27)26-11-20-21(12-26)30-14-17(13-29-20)31-19-3-1-2-16-10-25-7-4-18(16)19/h1-4,7,10,17,20-21H,5-6,8-9,11-14H2/t20-,21-/m0/s1. The summed E-state index contributed by atoms with van der Waals surface area (Å²) in [4.78, 5) is 19.0. The Kier molecular flexibility index (Phi) is 5.48. The molecule has 1 amide bonds. The number of amides is 1. The van der Waals surface area contributed by atoms with E-state index in [0.717, 1.165) is 16.5 Å². The molecule has 3 fully saturated rings. The molecular weight excluding hydrogens is 398 g/mol. The summed E-state index contributed by atoms with van der Waals surface area (Å²) in [6, 6.07) is 10.1. The Bertz CT molecular complexity index is 979. The summed E-state index contributed by atoms with van der Waals surface area (Å²) < 4.78 is 23.7. The lowest BCUT2D eigenvalue weighted by atomic mass is 9.80. The topological polar surface area (TPSA) is 93.9 Å². The van der Waals surface area contributed by atoms with Gasteiger partial charge in [-0.25, -0.2) is 0 Å². The van der Waals surface area contributed by atoms with Crippen molar-refractivity contribution < 1.29 is 23.7 Å². The first kappa shape index (κ1) is 20.2. The molecule has 3 aliphatic heterocycles. The highest BCUT2D eigenvalue weighted by Gasteiger charge is 2.48. The molecule has 0 spiro atoms. The number of ether oxygens (including phenoxy) is 4. The van der Waals surface area contributed by atoms with Crippen molar-refractivity contribution in [2.24, 2.45) is 5.41 Å². The number of nitrogens with zero attached hydrogens (tertiary/aromatic N) is 3. The van der Waals surface area contributed by atoms with Crippen molar-refractivity contribution in [2.75, 3.05) is 39.5 Å². The third-order valence-corrected chi connectivity index (χ3v) is 6.40. The third kappa shape index (κ3) is 3.85. The summed E-state index contributed by atoms with van der Waals surface area (Å²) in [7, 11) is 0. The largest absolute Gasteiger partial charge is 0.485 e. The molecule has 2 atom stereocenters. The van der Waals surface area contributed by atoms with E-state index in [1.807, 2.05) is 30.5 Å². The molecule has 2 aromatic rings. The van der Waals surface area contributed by atoms with E-state index in [4.69, 9.17) is 18.9 Å². The number of carbonyl (C=O) groups is 1. The van der Waals surface area contributed by atoms with Crippen LogP contribution in [0.2, 0.25) is 0 Å². The maximum absolute atomic E-state index is 13.1. The van der Waals surface area contributed by atoms with Crippen LogP contribution in [0.1, 0.15) is 12.8 Å². The fraction of sp³-hybridized carbons (Fsp3) is 0.522. The first-order valence-corrected chi connectivity index (χ1v) is 10.7. The van der Waals surface area contributed by atoms with E-state index in [1.165, 1.54) is 0 Å². The van der Waals surface area contributed by atoms with Gasteiger partial charge in [-0.1, -0.05) is 12.1 Å². The van der Waals surface area contributed by atoms with E-state index in [2.05, 4.69) is 11.1 Å². The zero-order valence-electron chi connectivity index (χ0n) is 17.2. The molecule has 8 nitrogen and oxygen atoms in total. The molecule has 3 saturated heterocycles. The van der Waals surface area contributed by atoms with Crippen LogP contribution in [0.15, 0.2) is 36.7 Å². The second kappa shape index (κ2) is 8.42. The summed E-state index contributed by atoms with van der Waals surface area (Å²) in [5, 5.41) is 11.7. The maximum atomic E-state index is 13.1. The Hall–Kier alpha value is -2.73. The van der Waals surface area contributed by atoms with Crippen LogP contribution in [0.3, 0.4) is 0 Å². The molecule has 8 heteroatoms. The van der Waals surface area contributed by atoms with Crippen molar-refractivity contribution in [1.82, 2.24) is 9.88 Å². The first-order valence-electron chi connectivity index (χ1n) is 10.7. The van der Waals surface area contributed by atoms with Gasteiger partial charge in [-0.3, -0.25) is 9.78 Å². The predicted octanol–water partition coefficient (Wildman–Crippen LogP) is 1.93. The minimum absolute atomic E-state index is 0.129. The molecule has 0 bridgehead atoms. The van der Waals surface area contributed by atoms with Crippen LogP contribution in [0, 0.1) is 16.7 Å². The van der Waals surface area contributed by atoms with E-state index in [1.54, 1.807) is 11.1 Å². The summed E-state index contributed by atoms with van der Waals surface area (Å²) >= 11 is 0. The number of pyridine rings is 1. The Balaban J connectivity index is 1.23. The number of carbonyl (C=O) groups excluding carboxylic acids is 1. The van der Waals surface area contributed by atoms with Crippen molar-refractivity contribution in [3.8, 4) is 11.8 Å². The monoisotopic (exact) mass is 423 g/mol. The summed E-state index contributed by atoms with van der Waals surface area (Å²) in [6.07, 6.45) is 3.75. The molecule has 1 aromatic heterocycles. The highest BCUT2D eigenvalue weighted by molar-refractivity contribution is 5.87. The first-order chi connectivity index (χ1) is 15.2. The Morgan fingerprint density at radius 2 is 1.90 bits per heavy atom. The molecular formula is C23H25N3O5. The fourth-order valence-corrected chi connectivity index (χ4v) is 4.58. The zero-order valence-corrected chi connectivity index (χ0v) is 17.2. The molecule has 0 radical (unpaired) electrons. The molecule has 3 aliphatic rings. The van der Waals surface area contributed by atoms with Crippen molar-refractivity contribution in [3.63, 3.8) is 0 Å². The number of hydrogen-bond donors (Lipinski definition) is 0.